The molecule has 1 radical (unpaired) electrons. The van der Waals surface area contributed by atoms with E-state index in [1.165, 1.54) is 38.9 Å². The van der Waals surface area contributed by atoms with E-state index in [0.717, 1.165) is 18.4 Å². The Morgan fingerprint density at radius 3 is 1.95 bits per heavy atom. The first kappa shape index (κ1) is 32.8. The van der Waals surface area contributed by atoms with Crippen LogP contribution in [-0.4, -0.2) is 35.5 Å². The topological polar surface area (TPSA) is 53.4 Å². The molecule has 2 atom stereocenters. The number of hydrogen-bond acceptors (Lipinski definition) is 3. The summed E-state index contributed by atoms with van der Waals surface area (Å²) in [6, 6.07) is 15.3. The third-order valence-electron chi connectivity index (χ3n) is 8.37. The van der Waals surface area contributed by atoms with E-state index in [0.29, 0.717) is 23.0 Å². The Morgan fingerprint density at radius 2 is 1.45 bits per heavy atom. The van der Waals surface area contributed by atoms with Crippen LogP contribution in [0.5, 0.6) is 0 Å². The van der Waals surface area contributed by atoms with Gasteiger partial charge in [0.1, 0.15) is 0 Å². The Balaban J connectivity index is 0.000000561. The van der Waals surface area contributed by atoms with Crippen molar-refractivity contribution in [3.8, 4) is 11.3 Å². The molecule has 0 fully saturated rings. The van der Waals surface area contributed by atoms with Gasteiger partial charge in [0.25, 0.3) is 0 Å². The zero-order valence-electron chi connectivity index (χ0n) is 25.1. The van der Waals surface area contributed by atoms with E-state index in [-0.39, 0.29) is 32.3 Å². The van der Waals surface area contributed by atoms with E-state index in [1.54, 1.807) is 19.0 Å². The molecule has 2 aromatic carbocycles. The maximum Gasteiger partial charge on any atom is 0.0951 e. The fourth-order valence-electron chi connectivity index (χ4n) is 7.15. The van der Waals surface area contributed by atoms with Gasteiger partial charge in [0.15, 0.2) is 0 Å². The Labute approximate surface area is 245 Å². The van der Waals surface area contributed by atoms with Crippen molar-refractivity contribution in [1.29, 1.82) is 0 Å². The second kappa shape index (κ2) is 13.3. The molecule has 5 heteroatoms. The molecule has 1 aromatic heterocycles. The van der Waals surface area contributed by atoms with Gasteiger partial charge in [-0.1, -0.05) is 85.6 Å². The summed E-state index contributed by atoms with van der Waals surface area (Å²) < 4.78 is 0. The van der Waals surface area contributed by atoms with Gasteiger partial charge in [0, 0.05) is 20.1 Å². The predicted molar refractivity (Wildman–Crippen MR) is 162 cm³/mol. The van der Waals surface area contributed by atoms with Crippen LogP contribution in [0.4, 0.5) is 0 Å². The van der Waals surface area contributed by atoms with Gasteiger partial charge < -0.3 is 10.2 Å². The maximum absolute atomic E-state index is 8.56. The molecule has 0 amide bonds. The van der Waals surface area contributed by atoms with Crippen molar-refractivity contribution in [2.24, 2.45) is 0 Å². The van der Waals surface area contributed by atoms with E-state index < -0.39 is 8.07 Å². The number of rotatable bonds is 6. The first-order valence-corrected chi connectivity index (χ1v) is 16.4. The van der Waals surface area contributed by atoms with E-state index >= 15 is 0 Å². The van der Waals surface area contributed by atoms with Crippen LogP contribution in [0.1, 0.15) is 84.1 Å². The van der Waals surface area contributed by atoms with Crippen molar-refractivity contribution in [3.05, 3.63) is 58.7 Å². The van der Waals surface area contributed by atoms with E-state index in [2.05, 4.69) is 91.8 Å². The van der Waals surface area contributed by atoms with Crippen LogP contribution in [0.2, 0.25) is 16.6 Å². The zero-order valence-corrected chi connectivity index (χ0v) is 28.5. The fourth-order valence-corrected chi connectivity index (χ4v) is 14.1. The summed E-state index contributed by atoms with van der Waals surface area (Å²) in [4.78, 5) is 5.28. The number of aliphatic hydroxyl groups excluding tert-OH is 2. The van der Waals surface area contributed by atoms with Crippen LogP contribution in [0.25, 0.3) is 22.2 Å². The largest absolute Gasteiger partial charge is 0.393 e. The molecule has 0 saturated heterocycles. The summed E-state index contributed by atoms with van der Waals surface area (Å²) in [6.07, 6.45) is 1.90. The summed E-state index contributed by atoms with van der Waals surface area (Å²) in [6.45, 7) is 22.4. The number of nitrogens with zero attached hydrogens (tertiary/aromatic N) is 1. The van der Waals surface area contributed by atoms with Crippen LogP contribution >= 0.6 is 0 Å². The van der Waals surface area contributed by atoms with E-state index in [9.17, 15) is 0 Å². The normalized spacial score (nSPS) is 14.5. The number of aromatic nitrogens is 1. The van der Waals surface area contributed by atoms with Crippen molar-refractivity contribution in [3.63, 3.8) is 0 Å². The number of aliphatic hydroxyl groups is 2. The van der Waals surface area contributed by atoms with Gasteiger partial charge in [-0.05, 0) is 65.6 Å². The molecule has 2 unspecified atom stereocenters. The average molecular weight is 711 g/mol. The number of fused-ring (bicyclic) bond motifs is 4. The molecule has 0 spiro atoms. The summed E-state index contributed by atoms with van der Waals surface area (Å²) in [7, 11) is -1.75. The standard InChI is InChI=1S/C28H36NSi.C5H12O2.Ir/c1-17(2)30(18(3)4,19(5)6)27-11-9-10-26-25(27)16-22-12-13-23-21(8)14-20(7)15-24(23)28(22)29-26;1-4(6)3-5(2)7;/h9-11,14,16-19H,12-13H2,1-8H3;4-7H,3H2,1-2H3;/q-1;;. The molecule has 0 saturated carbocycles. The zero-order chi connectivity index (χ0) is 27.7. The second-order valence-electron chi connectivity index (χ2n) is 12.2. The van der Waals surface area contributed by atoms with Gasteiger partial charge in [-0.25, -0.2) is 0 Å². The Hall–Kier alpha value is -1.36. The number of benzene rings is 2. The molecule has 3 aromatic rings. The summed E-state index contributed by atoms with van der Waals surface area (Å²) in [5, 5.41) is 20.2. The van der Waals surface area contributed by atoms with Crippen LogP contribution in [0, 0.1) is 19.9 Å². The minimum absolute atomic E-state index is 0. The number of aryl methyl sites for hydroxylation is 3. The Bertz CT molecular complexity index is 1210. The molecule has 1 aliphatic rings. The molecule has 38 heavy (non-hydrogen) atoms. The fraction of sp³-hybridized carbons (Fsp3) is 0.545. The van der Waals surface area contributed by atoms with Crippen LogP contribution < -0.4 is 5.19 Å². The molecule has 0 aliphatic heterocycles. The van der Waals surface area contributed by atoms with Crippen molar-refractivity contribution >= 4 is 24.2 Å². The molecule has 1 heterocycles. The average Bonchev–Trinajstić information content (AvgIpc) is 2.77. The maximum atomic E-state index is 8.56. The molecule has 3 nitrogen and oxygen atoms in total. The molecule has 211 valence electrons. The SMILES string of the molecule is CC(O)CC(C)O.Cc1[c-]c2c(c(C)c1)CCc1cc3c([Si](C(C)C)(C(C)C)C(C)C)cccc3nc1-2.[Ir]. The summed E-state index contributed by atoms with van der Waals surface area (Å²) in [5.74, 6) is 0. The molecule has 0 bridgehead atoms. The van der Waals surface area contributed by atoms with Gasteiger partial charge in [-0.15, -0.1) is 34.4 Å². The Kier molecular flexibility index (Phi) is 11.5. The molecule has 4 rings (SSSR count). The number of pyridine rings is 1. The molecular weight excluding hydrogens is 663 g/mol. The quantitative estimate of drug-likeness (QED) is 0.207. The third-order valence-corrected chi connectivity index (χ3v) is 15.5. The molecule has 2 N–H and O–H groups in total. The molecular formula is C33H48IrNO2Si-. The first-order chi connectivity index (χ1) is 17.3. The van der Waals surface area contributed by atoms with Gasteiger partial charge in [-0.3, -0.25) is 4.98 Å². The van der Waals surface area contributed by atoms with Gasteiger partial charge in [-0.2, -0.15) is 0 Å². The van der Waals surface area contributed by atoms with Gasteiger partial charge >= 0.3 is 0 Å². The van der Waals surface area contributed by atoms with Gasteiger partial charge in [0.2, 0.25) is 0 Å². The second-order valence-corrected chi connectivity index (χ2v) is 18.1. The van der Waals surface area contributed by atoms with Crippen molar-refractivity contribution in [2.75, 3.05) is 0 Å². The summed E-state index contributed by atoms with van der Waals surface area (Å²) >= 11 is 0. The third kappa shape index (κ3) is 6.50. The van der Waals surface area contributed by atoms with Crippen molar-refractivity contribution < 1.29 is 30.3 Å². The number of hydrogen-bond donors (Lipinski definition) is 2. The predicted octanol–water partition coefficient (Wildman–Crippen LogP) is 7.44. The smallest absolute Gasteiger partial charge is 0.0951 e. The minimum Gasteiger partial charge on any atom is -0.393 e. The first-order valence-electron chi connectivity index (χ1n) is 14.1. The molecule has 1 aliphatic carbocycles. The van der Waals surface area contributed by atoms with Gasteiger partial charge in [0.05, 0.1) is 25.8 Å². The monoisotopic (exact) mass is 711 g/mol. The Morgan fingerprint density at radius 1 is 0.868 bits per heavy atom. The van der Waals surface area contributed by atoms with Crippen LogP contribution in [-0.2, 0) is 32.9 Å². The minimum atomic E-state index is -1.75. The van der Waals surface area contributed by atoms with E-state index in [1.807, 2.05) is 0 Å². The van der Waals surface area contributed by atoms with E-state index in [4.69, 9.17) is 15.2 Å². The van der Waals surface area contributed by atoms with Crippen molar-refractivity contribution in [2.45, 2.75) is 117 Å². The van der Waals surface area contributed by atoms with Crippen LogP contribution in [0.3, 0.4) is 0 Å². The van der Waals surface area contributed by atoms with Crippen molar-refractivity contribution in [1.82, 2.24) is 4.98 Å². The summed E-state index contributed by atoms with van der Waals surface area (Å²) in [5.41, 5.74) is 11.1. The van der Waals surface area contributed by atoms with Crippen LogP contribution in [0.15, 0.2) is 30.3 Å².